The highest BCUT2D eigenvalue weighted by atomic mass is 32.2. The number of nitriles is 1. The summed E-state index contributed by atoms with van der Waals surface area (Å²) in [5.74, 6) is -0.310. The third kappa shape index (κ3) is 5.55. The van der Waals surface area contributed by atoms with Crippen molar-refractivity contribution in [2.24, 2.45) is 0 Å². The van der Waals surface area contributed by atoms with Crippen LogP contribution >= 0.6 is 0 Å². The van der Waals surface area contributed by atoms with Gasteiger partial charge in [0.1, 0.15) is 0 Å². The van der Waals surface area contributed by atoms with Gasteiger partial charge in [0.25, 0.3) is 0 Å². The number of benzene rings is 1. The highest BCUT2D eigenvalue weighted by Gasteiger charge is 2.25. The minimum atomic E-state index is -3.74. The van der Waals surface area contributed by atoms with Gasteiger partial charge in [-0.25, -0.2) is 8.42 Å². The van der Waals surface area contributed by atoms with E-state index in [4.69, 9.17) is 5.26 Å². The second-order valence-corrected chi connectivity index (χ2v) is 8.96. The third-order valence-corrected chi connectivity index (χ3v) is 5.83. The van der Waals surface area contributed by atoms with Gasteiger partial charge >= 0.3 is 0 Å². The van der Waals surface area contributed by atoms with Crippen LogP contribution in [0.2, 0.25) is 0 Å². The molecule has 0 N–H and O–H groups in total. The average molecular weight is 365 g/mol. The van der Waals surface area contributed by atoms with Crippen LogP contribution in [0.4, 0.5) is 0 Å². The van der Waals surface area contributed by atoms with Crippen molar-refractivity contribution in [3.8, 4) is 6.07 Å². The number of amides is 1. The smallest absolute Gasteiger partial charge is 0.243 e. The van der Waals surface area contributed by atoms with Gasteiger partial charge < -0.3 is 4.90 Å². The summed E-state index contributed by atoms with van der Waals surface area (Å²) in [7, 11) is -2.35. The molecule has 0 spiro atoms. The standard InChI is InChI=1S/C18H27N3O3S/c1-6-21(13-7-12-19)17(22)14-20(5)25(23,24)16-10-8-15(9-11-16)18(2,3)4/h8-11H,6-7,13-14H2,1-5H3. The first-order chi connectivity index (χ1) is 11.5. The van der Waals surface area contributed by atoms with E-state index in [1.54, 1.807) is 31.2 Å². The normalized spacial score (nSPS) is 12.0. The van der Waals surface area contributed by atoms with E-state index < -0.39 is 10.0 Å². The van der Waals surface area contributed by atoms with Crippen LogP contribution in [0.25, 0.3) is 0 Å². The number of hydrogen-bond acceptors (Lipinski definition) is 4. The molecule has 138 valence electrons. The lowest BCUT2D eigenvalue weighted by molar-refractivity contribution is -0.130. The number of nitrogens with zero attached hydrogens (tertiary/aromatic N) is 3. The number of hydrogen-bond donors (Lipinski definition) is 0. The first-order valence-corrected chi connectivity index (χ1v) is 9.69. The molecule has 0 aromatic heterocycles. The topological polar surface area (TPSA) is 81.5 Å². The van der Waals surface area contributed by atoms with Crippen LogP contribution in [0.5, 0.6) is 0 Å². The highest BCUT2D eigenvalue weighted by Crippen LogP contribution is 2.24. The number of likely N-dealkylation sites (N-methyl/N-ethyl adjacent to an activating group) is 2. The number of carbonyl (C=O) groups is 1. The lowest BCUT2D eigenvalue weighted by atomic mass is 9.87. The quantitative estimate of drug-likeness (QED) is 0.743. The van der Waals surface area contributed by atoms with Crippen molar-refractivity contribution >= 4 is 15.9 Å². The Balaban J connectivity index is 2.91. The number of sulfonamides is 1. The van der Waals surface area contributed by atoms with E-state index in [-0.39, 0.29) is 29.2 Å². The van der Waals surface area contributed by atoms with Gasteiger partial charge in [-0.05, 0) is 30.0 Å². The molecular weight excluding hydrogens is 338 g/mol. The van der Waals surface area contributed by atoms with Crippen LogP contribution in [-0.2, 0) is 20.2 Å². The number of carbonyl (C=O) groups excluding carboxylic acids is 1. The molecule has 6 nitrogen and oxygen atoms in total. The van der Waals surface area contributed by atoms with Crippen molar-refractivity contribution in [3.63, 3.8) is 0 Å². The van der Waals surface area contributed by atoms with Crippen LogP contribution in [0.15, 0.2) is 29.2 Å². The number of rotatable bonds is 7. The van der Waals surface area contributed by atoms with E-state index in [2.05, 4.69) is 20.8 Å². The van der Waals surface area contributed by atoms with Gasteiger partial charge in [-0.3, -0.25) is 4.79 Å². The Morgan fingerprint density at radius 3 is 2.20 bits per heavy atom. The minimum absolute atomic E-state index is 0.0630. The summed E-state index contributed by atoms with van der Waals surface area (Å²) in [4.78, 5) is 13.9. The van der Waals surface area contributed by atoms with Gasteiger partial charge in [0.05, 0.1) is 23.9 Å². The molecule has 0 aliphatic rings. The largest absolute Gasteiger partial charge is 0.341 e. The summed E-state index contributed by atoms with van der Waals surface area (Å²) in [6.45, 7) is 8.47. The monoisotopic (exact) mass is 365 g/mol. The zero-order valence-corrected chi connectivity index (χ0v) is 16.4. The maximum absolute atomic E-state index is 12.7. The van der Waals surface area contributed by atoms with Crippen molar-refractivity contribution < 1.29 is 13.2 Å². The average Bonchev–Trinajstić information content (AvgIpc) is 2.54. The van der Waals surface area contributed by atoms with Crippen LogP contribution in [0, 0.1) is 11.3 Å². The maximum Gasteiger partial charge on any atom is 0.243 e. The molecular formula is C18H27N3O3S. The minimum Gasteiger partial charge on any atom is -0.341 e. The van der Waals surface area contributed by atoms with Gasteiger partial charge in [-0.1, -0.05) is 32.9 Å². The second-order valence-electron chi connectivity index (χ2n) is 6.92. The SMILES string of the molecule is CCN(CCC#N)C(=O)CN(C)S(=O)(=O)c1ccc(C(C)(C)C)cc1. The van der Waals surface area contributed by atoms with Crippen LogP contribution in [0.3, 0.4) is 0 Å². The molecule has 1 rings (SSSR count). The summed E-state index contributed by atoms with van der Waals surface area (Å²) in [6.07, 6.45) is 0.226. The molecule has 7 heteroatoms. The predicted octanol–water partition coefficient (Wildman–Crippen LogP) is 2.37. The second kappa shape index (κ2) is 8.45. The van der Waals surface area contributed by atoms with Crippen LogP contribution in [0.1, 0.15) is 39.7 Å². The summed E-state index contributed by atoms with van der Waals surface area (Å²) in [6, 6.07) is 8.73. The Bertz CT molecular complexity index is 728. The van der Waals surface area contributed by atoms with Crippen molar-refractivity contribution in [2.75, 3.05) is 26.7 Å². The molecule has 1 aromatic carbocycles. The molecule has 0 radical (unpaired) electrons. The fourth-order valence-electron chi connectivity index (χ4n) is 2.33. The van der Waals surface area contributed by atoms with Gasteiger partial charge in [0, 0.05) is 20.1 Å². The van der Waals surface area contributed by atoms with E-state index in [0.717, 1.165) is 9.87 Å². The molecule has 25 heavy (non-hydrogen) atoms. The molecule has 0 saturated heterocycles. The third-order valence-electron chi connectivity index (χ3n) is 4.01. The molecule has 0 saturated carbocycles. The highest BCUT2D eigenvalue weighted by molar-refractivity contribution is 7.89. The molecule has 0 atom stereocenters. The Hall–Kier alpha value is -1.91. The lowest BCUT2D eigenvalue weighted by Gasteiger charge is -2.24. The molecule has 0 heterocycles. The Morgan fingerprint density at radius 1 is 1.20 bits per heavy atom. The zero-order valence-electron chi connectivity index (χ0n) is 15.6. The molecule has 1 amide bonds. The molecule has 0 aliphatic heterocycles. The van der Waals surface area contributed by atoms with Crippen molar-refractivity contribution in [1.82, 2.24) is 9.21 Å². The van der Waals surface area contributed by atoms with Crippen molar-refractivity contribution in [3.05, 3.63) is 29.8 Å². The zero-order chi connectivity index (χ0) is 19.3. The summed E-state index contributed by atoms with van der Waals surface area (Å²) in [5, 5.41) is 8.64. The fraction of sp³-hybridized carbons (Fsp3) is 0.556. The van der Waals surface area contributed by atoms with Gasteiger partial charge in [0.2, 0.25) is 15.9 Å². The van der Waals surface area contributed by atoms with Gasteiger partial charge in [0.15, 0.2) is 0 Å². The fourth-order valence-corrected chi connectivity index (χ4v) is 3.45. The van der Waals surface area contributed by atoms with E-state index in [9.17, 15) is 13.2 Å². The summed E-state index contributed by atoms with van der Waals surface area (Å²) in [5.41, 5.74) is 0.978. The van der Waals surface area contributed by atoms with Crippen LogP contribution < -0.4 is 0 Å². The Morgan fingerprint density at radius 2 is 1.76 bits per heavy atom. The Labute approximate surface area is 151 Å². The van der Waals surface area contributed by atoms with Crippen molar-refractivity contribution in [2.45, 2.75) is 44.4 Å². The Kier molecular flexibility index (Phi) is 7.15. The molecule has 0 unspecified atom stereocenters. The predicted molar refractivity (Wildman–Crippen MR) is 97.4 cm³/mol. The van der Waals surface area contributed by atoms with E-state index >= 15 is 0 Å². The molecule has 1 aromatic rings. The van der Waals surface area contributed by atoms with E-state index in [1.807, 2.05) is 6.07 Å². The maximum atomic E-state index is 12.7. The van der Waals surface area contributed by atoms with Crippen molar-refractivity contribution in [1.29, 1.82) is 5.26 Å². The van der Waals surface area contributed by atoms with Gasteiger partial charge in [-0.2, -0.15) is 9.57 Å². The first kappa shape index (κ1) is 21.1. The summed E-state index contributed by atoms with van der Waals surface area (Å²) < 4.78 is 26.4. The van der Waals surface area contributed by atoms with Crippen LogP contribution in [-0.4, -0.2) is 50.2 Å². The van der Waals surface area contributed by atoms with Gasteiger partial charge in [-0.15, -0.1) is 0 Å². The van der Waals surface area contributed by atoms with E-state index in [0.29, 0.717) is 13.1 Å². The summed E-state index contributed by atoms with van der Waals surface area (Å²) >= 11 is 0. The molecule has 0 bridgehead atoms. The molecule has 0 fully saturated rings. The van der Waals surface area contributed by atoms with E-state index in [1.165, 1.54) is 11.9 Å². The lowest BCUT2D eigenvalue weighted by Crippen LogP contribution is -2.41. The molecule has 0 aliphatic carbocycles. The first-order valence-electron chi connectivity index (χ1n) is 8.25.